The van der Waals surface area contributed by atoms with Gasteiger partial charge in [-0.3, -0.25) is 0 Å². The zero-order valence-electron chi connectivity index (χ0n) is 10.5. The van der Waals surface area contributed by atoms with Gasteiger partial charge in [-0.1, -0.05) is 13.8 Å². The molecular formula is C11H20N2O3S. The van der Waals surface area contributed by atoms with Gasteiger partial charge in [-0.05, 0) is 12.5 Å². The van der Waals surface area contributed by atoms with Gasteiger partial charge in [0.2, 0.25) is 10.0 Å². The Morgan fingerprint density at radius 2 is 2.06 bits per heavy atom. The molecule has 6 heteroatoms. The summed E-state index contributed by atoms with van der Waals surface area (Å²) in [6.07, 6.45) is 2.49. The molecule has 1 N–H and O–H groups in total. The predicted molar refractivity (Wildman–Crippen MR) is 66.1 cm³/mol. The Kier molecular flexibility index (Phi) is 4.73. The van der Waals surface area contributed by atoms with E-state index in [9.17, 15) is 13.5 Å². The molecule has 0 spiro atoms. The molecule has 1 aromatic heterocycles. The Morgan fingerprint density at radius 1 is 1.41 bits per heavy atom. The van der Waals surface area contributed by atoms with E-state index in [1.165, 1.54) is 10.4 Å². The van der Waals surface area contributed by atoms with Crippen LogP contribution < -0.4 is 0 Å². The number of hydrogen-bond donors (Lipinski definition) is 1. The van der Waals surface area contributed by atoms with Crippen molar-refractivity contribution >= 4 is 10.0 Å². The Balaban J connectivity index is 3.15. The van der Waals surface area contributed by atoms with Crippen LogP contribution in [0.15, 0.2) is 17.2 Å². The van der Waals surface area contributed by atoms with Crippen molar-refractivity contribution in [2.75, 3.05) is 13.6 Å². The number of nitrogens with zero attached hydrogens (tertiary/aromatic N) is 2. The molecule has 0 unspecified atom stereocenters. The highest BCUT2D eigenvalue weighted by Gasteiger charge is 2.21. The van der Waals surface area contributed by atoms with Crippen LogP contribution in [0.3, 0.4) is 0 Å². The van der Waals surface area contributed by atoms with Gasteiger partial charge in [-0.2, -0.15) is 0 Å². The molecule has 0 saturated carbocycles. The number of aryl methyl sites for hydroxylation is 1. The van der Waals surface area contributed by atoms with Crippen LogP contribution >= 0.6 is 0 Å². The fraction of sp³-hybridized carbons (Fsp3) is 0.636. The van der Waals surface area contributed by atoms with Gasteiger partial charge < -0.3 is 9.67 Å². The maximum atomic E-state index is 12.1. The lowest BCUT2D eigenvalue weighted by molar-refractivity contribution is 0.270. The summed E-state index contributed by atoms with van der Waals surface area (Å²) in [5, 5.41) is 9.19. The minimum atomic E-state index is -3.42. The number of hydrogen-bond acceptors (Lipinski definition) is 3. The maximum absolute atomic E-state index is 12.1. The number of aliphatic hydroxyl groups excluding tert-OH is 1. The summed E-state index contributed by atoms with van der Waals surface area (Å²) in [5.41, 5.74) is 0.634. The zero-order valence-corrected chi connectivity index (χ0v) is 11.4. The molecule has 0 radical (unpaired) electrons. The highest BCUT2D eigenvalue weighted by Crippen LogP contribution is 2.18. The summed E-state index contributed by atoms with van der Waals surface area (Å²) < 4.78 is 27.2. The summed E-state index contributed by atoms with van der Waals surface area (Å²) in [6, 6.07) is 1.54. The first kappa shape index (κ1) is 14.2. The van der Waals surface area contributed by atoms with Gasteiger partial charge in [0.1, 0.15) is 4.90 Å². The molecule has 1 aromatic rings. The molecule has 0 aliphatic carbocycles. The molecule has 1 heterocycles. The minimum Gasteiger partial charge on any atom is -0.390 e. The first-order valence-electron chi connectivity index (χ1n) is 5.73. The van der Waals surface area contributed by atoms with E-state index in [1.54, 1.807) is 24.7 Å². The summed E-state index contributed by atoms with van der Waals surface area (Å²) in [6.45, 7) is 4.78. The SMILES string of the molecule is CCCn1cc(S(=O)(=O)N(C)CC)cc1CO. The van der Waals surface area contributed by atoms with Gasteiger partial charge in [0.25, 0.3) is 0 Å². The number of aromatic nitrogens is 1. The van der Waals surface area contributed by atoms with Crippen LogP contribution in [0.5, 0.6) is 0 Å². The molecule has 0 fully saturated rings. The van der Waals surface area contributed by atoms with Gasteiger partial charge >= 0.3 is 0 Å². The third-order valence-corrected chi connectivity index (χ3v) is 4.64. The maximum Gasteiger partial charge on any atom is 0.244 e. The lowest BCUT2D eigenvalue weighted by Crippen LogP contribution is -2.26. The highest BCUT2D eigenvalue weighted by atomic mass is 32.2. The first-order valence-corrected chi connectivity index (χ1v) is 7.17. The summed E-state index contributed by atoms with van der Waals surface area (Å²) in [5.74, 6) is 0. The van der Waals surface area contributed by atoms with Crippen molar-refractivity contribution in [1.29, 1.82) is 0 Å². The standard InChI is InChI=1S/C11H20N2O3S/c1-4-6-13-8-11(7-10(13)9-14)17(15,16)12(3)5-2/h7-8,14H,4-6,9H2,1-3H3. The molecular weight excluding hydrogens is 240 g/mol. The summed E-state index contributed by atoms with van der Waals surface area (Å²) >= 11 is 0. The second-order valence-corrected chi connectivity index (χ2v) is 5.98. The number of aliphatic hydroxyl groups is 1. The fourth-order valence-corrected chi connectivity index (χ4v) is 2.84. The zero-order chi connectivity index (χ0) is 13.1. The average molecular weight is 260 g/mol. The molecule has 5 nitrogen and oxygen atoms in total. The van der Waals surface area contributed by atoms with Crippen LogP contribution in [0.1, 0.15) is 26.0 Å². The van der Waals surface area contributed by atoms with Gasteiger partial charge in [-0.25, -0.2) is 12.7 Å². The van der Waals surface area contributed by atoms with E-state index in [0.717, 1.165) is 6.42 Å². The van der Waals surface area contributed by atoms with E-state index in [2.05, 4.69) is 0 Å². The van der Waals surface area contributed by atoms with E-state index >= 15 is 0 Å². The van der Waals surface area contributed by atoms with E-state index < -0.39 is 10.0 Å². The van der Waals surface area contributed by atoms with Crippen LogP contribution in [0.25, 0.3) is 0 Å². The molecule has 0 saturated heterocycles. The Labute approximate surface area is 103 Å². The monoisotopic (exact) mass is 260 g/mol. The van der Waals surface area contributed by atoms with Gasteiger partial charge in [0.05, 0.1) is 6.61 Å². The van der Waals surface area contributed by atoms with E-state index in [1.807, 2.05) is 6.92 Å². The van der Waals surface area contributed by atoms with Gasteiger partial charge in [0, 0.05) is 32.0 Å². The van der Waals surface area contributed by atoms with Crippen LogP contribution in [-0.4, -0.2) is 36.0 Å². The van der Waals surface area contributed by atoms with Crippen molar-refractivity contribution in [1.82, 2.24) is 8.87 Å². The van der Waals surface area contributed by atoms with Gasteiger partial charge in [0.15, 0.2) is 0 Å². The Morgan fingerprint density at radius 3 is 2.53 bits per heavy atom. The topological polar surface area (TPSA) is 62.5 Å². The minimum absolute atomic E-state index is 0.147. The third kappa shape index (κ3) is 2.88. The first-order chi connectivity index (χ1) is 7.97. The fourth-order valence-electron chi connectivity index (χ4n) is 1.60. The largest absolute Gasteiger partial charge is 0.390 e. The molecule has 0 aliphatic rings. The van der Waals surface area contributed by atoms with Crippen LogP contribution in [0.4, 0.5) is 0 Å². The second-order valence-electron chi connectivity index (χ2n) is 3.94. The van der Waals surface area contributed by atoms with Gasteiger partial charge in [-0.15, -0.1) is 0 Å². The number of rotatable bonds is 6. The molecule has 0 bridgehead atoms. The molecule has 1 rings (SSSR count). The molecule has 98 valence electrons. The van der Waals surface area contributed by atoms with E-state index in [4.69, 9.17) is 0 Å². The van der Waals surface area contributed by atoms with Crippen LogP contribution in [0, 0.1) is 0 Å². The summed E-state index contributed by atoms with van der Waals surface area (Å²) in [7, 11) is -1.87. The van der Waals surface area contributed by atoms with E-state index in [-0.39, 0.29) is 11.5 Å². The van der Waals surface area contributed by atoms with Crippen molar-refractivity contribution in [2.45, 2.75) is 38.3 Å². The highest BCUT2D eigenvalue weighted by molar-refractivity contribution is 7.89. The average Bonchev–Trinajstić information content (AvgIpc) is 2.72. The normalized spacial score (nSPS) is 12.3. The lowest BCUT2D eigenvalue weighted by atomic mass is 10.4. The van der Waals surface area contributed by atoms with Crippen molar-refractivity contribution in [3.8, 4) is 0 Å². The van der Waals surface area contributed by atoms with E-state index in [0.29, 0.717) is 18.8 Å². The Hall–Kier alpha value is -0.850. The van der Waals surface area contributed by atoms with Crippen molar-refractivity contribution in [3.63, 3.8) is 0 Å². The number of sulfonamides is 1. The van der Waals surface area contributed by atoms with Crippen molar-refractivity contribution in [2.24, 2.45) is 0 Å². The quantitative estimate of drug-likeness (QED) is 0.831. The van der Waals surface area contributed by atoms with Crippen molar-refractivity contribution in [3.05, 3.63) is 18.0 Å². The Bertz CT molecular complexity index is 465. The third-order valence-electron chi connectivity index (χ3n) is 2.74. The molecule has 0 aliphatic heterocycles. The molecule has 0 aromatic carbocycles. The lowest BCUT2D eigenvalue weighted by Gasteiger charge is -2.13. The van der Waals surface area contributed by atoms with Crippen molar-refractivity contribution < 1.29 is 13.5 Å². The molecule has 17 heavy (non-hydrogen) atoms. The molecule has 0 amide bonds. The smallest absolute Gasteiger partial charge is 0.244 e. The van der Waals surface area contributed by atoms with Crippen LogP contribution in [0.2, 0.25) is 0 Å². The second kappa shape index (κ2) is 5.66. The summed E-state index contributed by atoms with van der Waals surface area (Å²) in [4.78, 5) is 0.249. The predicted octanol–water partition coefficient (Wildman–Crippen LogP) is 1.03. The van der Waals surface area contributed by atoms with Crippen LogP contribution in [-0.2, 0) is 23.2 Å². The molecule has 0 atom stereocenters.